The molecular formula is C26H29N9O2. The molecule has 11 heteroatoms. The van der Waals surface area contributed by atoms with Gasteiger partial charge in [0.1, 0.15) is 6.33 Å². The molecule has 1 amide bonds. The minimum atomic E-state index is -0.0551. The number of nitrogens with zero attached hydrogens (tertiary/aromatic N) is 8. The van der Waals surface area contributed by atoms with Crippen LogP contribution in [0.5, 0.6) is 5.88 Å². The average molecular weight is 500 g/mol. The number of nitrogens with one attached hydrogen (secondary N) is 1. The Hall–Kier alpha value is -4.25. The maximum absolute atomic E-state index is 12.4. The molecule has 4 aromatic rings. The third-order valence-electron chi connectivity index (χ3n) is 6.25. The molecule has 11 nitrogen and oxygen atoms in total. The van der Waals surface area contributed by atoms with Crippen molar-refractivity contribution < 1.29 is 9.53 Å². The molecule has 0 saturated carbocycles. The lowest BCUT2D eigenvalue weighted by molar-refractivity contribution is 0.0952. The average Bonchev–Trinajstić information content (AvgIpc) is 3.62. The van der Waals surface area contributed by atoms with Gasteiger partial charge in [0.2, 0.25) is 5.88 Å². The van der Waals surface area contributed by atoms with E-state index in [4.69, 9.17) is 4.74 Å². The molecule has 0 atom stereocenters. The van der Waals surface area contributed by atoms with Crippen LogP contribution in [0.4, 0.5) is 5.82 Å². The number of fused-ring (bicyclic) bond motifs is 1. The molecule has 1 aliphatic rings. The van der Waals surface area contributed by atoms with Gasteiger partial charge < -0.3 is 15.0 Å². The minimum absolute atomic E-state index is 0.0551. The first-order valence-corrected chi connectivity index (χ1v) is 12.4. The van der Waals surface area contributed by atoms with Crippen molar-refractivity contribution in [2.75, 3.05) is 33.3 Å². The second-order valence-electron chi connectivity index (χ2n) is 8.78. The summed E-state index contributed by atoms with van der Waals surface area (Å²) in [4.78, 5) is 27.9. The predicted octanol–water partition coefficient (Wildman–Crippen LogP) is 3.72. The first kappa shape index (κ1) is 24.4. The molecule has 1 N–H and O–H groups in total. The SMILES string of the molecule is COc1cccc(-n2ncc3c(N=NCc4ccc(C(=O)NCCCN5CCCC5)cc4)ncnc32)n1. The highest BCUT2D eigenvalue weighted by Gasteiger charge is 2.13. The van der Waals surface area contributed by atoms with Crippen LogP contribution in [0.3, 0.4) is 0 Å². The number of hydrogen-bond acceptors (Lipinski definition) is 9. The van der Waals surface area contributed by atoms with E-state index in [0.717, 1.165) is 18.5 Å². The van der Waals surface area contributed by atoms with Crippen LogP contribution in [-0.2, 0) is 6.54 Å². The number of carbonyl (C=O) groups is 1. The van der Waals surface area contributed by atoms with Crippen molar-refractivity contribution in [2.45, 2.75) is 25.8 Å². The quantitative estimate of drug-likeness (QED) is 0.261. The summed E-state index contributed by atoms with van der Waals surface area (Å²) in [5.74, 6) is 1.42. The van der Waals surface area contributed by atoms with Gasteiger partial charge in [-0.3, -0.25) is 4.79 Å². The first-order valence-electron chi connectivity index (χ1n) is 12.4. The molecule has 5 rings (SSSR count). The second kappa shape index (κ2) is 11.7. The molecule has 37 heavy (non-hydrogen) atoms. The molecule has 0 aliphatic carbocycles. The summed E-state index contributed by atoms with van der Waals surface area (Å²) >= 11 is 0. The van der Waals surface area contributed by atoms with Crippen LogP contribution in [0.15, 0.2) is 65.2 Å². The normalized spacial score (nSPS) is 14.0. The van der Waals surface area contributed by atoms with E-state index in [2.05, 4.69) is 40.5 Å². The topological polar surface area (TPSA) is 123 Å². The Morgan fingerprint density at radius 2 is 1.95 bits per heavy atom. The maximum Gasteiger partial charge on any atom is 0.251 e. The molecule has 190 valence electrons. The number of carbonyl (C=O) groups excluding carboxylic acids is 1. The van der Waals surface area contributed by atoms with Gasteiger partial charge in [0.15, 0.2) is 17.3 Å². The van der Waals surface area contributed by atoms with Crippen LogP contribution in [0.2, 0.25) is 0 Å². The Morgan fingerprint density at radius 1 is 1.11 bits per heavy atom. The fourth-order valence-electron chi connectivity index (χ4n) is 4.27. The predicted molar refractivity (Wildman–Crippen MR) is 138 cm³/mol. The van der Waals surface area contributed by atoms with Crippen molar-refractivity contribution in [1.29, 1.82) is 0 Å². The van der Waals surface area contributed by atoms with Crippen LogP contribution < -0.4 is 10.1 Å². The van der Waals surface area contributed by atoms with Gasteiger partial charge in [-0.2, -0.15) is 19.9 Å². The van der Waals surface area contributed by atoms with Gasteiger partial charge in [-0.25, -0.2) is 9.97 Å². The van der Waals surface area contributed by atoms with Crippen molar-refractivity contribution in [3.05, 3.63) is 66.1 Å². The maximum atomic E-state index is 12.4. The molecule has 1 aromatic carbocycles. The van der Waals surface area contributed by atoms with Gasteiger partial charge in [0.05, 0.1) is 25.2 Å². The smallest absolute Gasteiger partial charge is 0.251 e. The van der Waals surface area contributed by atoms with Crippen molar-refractivity contribution in [3.63, 3.8) is 0 Å². The number of aromatic nitrogens is 5. The zero-order chi connectivity index (χ0) is 25.5. The van der Waals surface area contributed by atoms with Crippen LogP contribution >= 0.6 is 0 Å². The molecule has 1 saturated heterocycles. The van der Waals surface area contributed by atoms with E-state index in [1.807, 2.05) is 36.4 Å². The van der Waals surface area contributed by atoms with E-state index >= 15 is 0 Å². The van der Waals surface area contributed by atoms with Gasteiger partial charge in [-0.1, -0.05) is 18.2 Å². The summed E-state index contributed by atoms with van der Waals surface area (Å²) in [6.07, 6.45) is 6.61. The first-order chi connectivity index (χ1) is 18.2. The van der Waals surface area contributed by atoms with Crippen molar-refractivity contribution >= 4 is 22.8 Å². The van der Waals surface area contributed by atoms with Crippen LogP contribution in [0, 0.1) is 0 Å². The van der Waals surface area contributed by atoms with Crippen molar-refractivity contribution in [2.24, 2.45) is 10.2 Å². The van der Waals surface area contributed by atoms with Crippen molar-refractivity contribution in [3.8, 4) is 11.7 Å². The minimum Gasteiger partial charge on any atom is -0.481 e. The molecule has 3 aromatic heterocycles. The second-order valence-corrected chi connectivity index (χ2v) is 8.78. The van der Waals surface area contributed by atoms with Gasteiger partial charge in [0.25, 0.3) is 5.91 Å². The highest BCUT2D eigenvalue weighted by atomic mass is 16.5. The van der Waals surface area contributed by atoms with Gasteiger partial charge in [-0.05, 0) is 62.7 Å². The van der Waals surface area contributed by atoms with E-state index < -0.39 is 0 Å². The lowest BCUT2D eigenvalue weighted by atomic mass is 10.1. The Labute approximate surface area is 214 Å². The monoisotopic (exact) mass is 499 g/mol. The van der Waals surface area contributed by atoms with E-state index in [1.54, 1.807) is 24.1 Å². The Bertz CT molecular complexity index is 1380. The number of ether oxygens (including phenoxy) is 1. The standard InChI is InChI=1S/C26H29N9O2/c1-37-23-7-4-6-22(32-23)35-25-21(17-31-35)24(28-18-29-25)33-30-16-19-8-10-20(11-9-19)26(36)27-12-5-15-34-13-2-3-14-34/h4,6-11,17-18H,2-3,5,12-16H2,1H3,(H,27,36). The fraction of sp³-hybridized carbons (Fsp3) is 0.346. The fourth-order valence-corrected chi connectivity index (χ4v) is 4.27. The summed E-state index contributed by atoms with van der Waals surface area (Å²) in [7, 11) is 1.56. The molecular weight excluding hydrogens is 470 g/mol. The molecule has 1 aliphatic heterocycles. The Morgan fingerprint density at radius 3 is 2.76 bits per heavy atom. The third-order valence-corrected chi connectivity index (χ3v) is 6.25. The number of azo groups is 1. The molecule has 0 bridgehead atoms. The number of methoxy groups -OCH3 is 1. The largest absolute Gasteiger partial charge is 0.481 e. The third kappa shape index (κ3) is 5.95. The Kier molecular flexibility index (Phi) is 7.70. The highest BCUT2D eigenvalue weighted by molar-refractivity contribution is 5.94. The zero-order valence-corrected chi connectivity index (χ0v) is 20.7. The van der Waals surface area contributed by atoms with Gasteiger partial charge in [0, 0.05) is 18.2 Å². The number of rotatable bonds is 10. The van der Waals surface area contributed by atoms with Gasteiger partial charge in [-0.15, -0.1) is 5.11 Å². The molecule has 1 fully saturated rings. The molecule has 4 heterocycles. The number of likely N-dealkylation sites (tertiary alicyclic amines) is 1. The molecule has 0 radical (unpaired) electrons. The lowest BCUT2D eigenvalue weighted by Crippen LogP contribution is -2.28. The number of pyridine rings is 1. The van der Waals surface area contributed by atoms with Crippen LogP contribution in [0.25, 0.3) is 16.9 Å². The lowest BCUT2D eigenvalue weighted by Gasteiger charge is -2.14. The van der Waals surface area contributed by atoms with E-state index in [0.29, 0.717) is 47.2 Å². The summed E-state index contributed by atoms with van der Waals surface area (Å²) < 4.78 is 6.81. The van der Waals surface area contributed by atoms with Crippen LogP contribution in [0.1, 0.15) is 35.2 Å². The highest BCUT2D eigenvalue weighted by Crippen LogP contribution is 2.24. The summed E-state index contributed by atoms with van der Waals surface area (Å²) in [6, 6.07) is 12.8. The van der Waals surface area contributed by atoms with E-state index in [9.17, 15) is 4.79 Å². The summed E-state index contributed by atoms with van der Waals surface area (Å²) in [5, 5.41) is 16.7. The zero-order valence-electron chi connectivity index (χ0n) is 20.7. The summed E-state index contributed by atoms with van der Waals surface area (Å²) in [6.45, 7) is 4.44. The number of benzene rings is 1. The molecule has 0 spiro atoms. The van der Waals surface area contributed by atoms with E-state index in [-0.39, 0.29) is 5.91 Å². The summed E-state index contributed by atoms with van der Waals surface area (Å²) in [5.41, 5.74) is 2.15. The van der Waals surface area contributed by atoms with Gasteiger partial charge >= 0.3 is 0 Å². The number of hydrogen-bond donors (Lipinski definition) is 1. The van der Waals surface area contributed by atoms with E-state index in [1.165, 1.54) is 32.3 Å². The Balaban J connectivity index is 1.18. The van der Waals surface area contributed by atoms with Crippen molar-refractivity contribution in [1.82, 2.24) is 34.9 Å². The molecule has 0 unspecified atom stereocenters. The van der Waals surface area contributed by atoms with Crippen LogP contribution in [-0.4, -0.2) is 68.8 Å². The number of amides is 1.